The van der Waals surface area contributed by atoms with Crippen molar-refractivity contribution in [2.24, 2.45) is 0 Å². The highest BCUT2D eigenvalue weighted by atomic mass is 35.5. The molecule has 0 aliphatic heterocycles. The Morgan fingerprint density at radius 3 is 2.88 bits per heavy atom. The van der Waals surface area contributed by atoms with E-state index in [0.29, 0.717) is 18.2 Å². The molecule has 0 unspecified atom stereocenters. The molecule has 0 saturated heterocycles. The number of nitro benzene ring substituents is 1. The Kier molecular flexibility index (Phi) is 5.68. The van der Waals surface area contributed by atoms with Gasteiger partial charge < -0.3 is 15.2 Å². The Morgan fingerprint density at radius 1 is 1.47 bits per heavy atom. The van der Waals surface area contributed by atoms with E-state index in [-0.39, 0.29) is 24.6 Å². The average Bonchev–Trinajstić information content (AvgIpc) is 2.30. The van der Waals surface area contributed by atoms with Crippen LogP contribution in [0.3, 0.4) is 0 Å². The number of hydrogen-bond acceptors (Lipinski definition) is 5. The van der Waals surface area contributed by atoms with Crippen LogP contribution in [0.25, 0.3) is 0 Å². The summed E-state index contributed by atoms with van der Waals surface area (Å²) >= 11 is 5.87. The van der Waals surface area contributed by atoms with E-state index in [4.69, 9.17) is 21.4 Å². The van der Waals surface area contributed by atoms with E-state index >= 15 is 0 Å². The van der Waals surface area contributed by atoms with Crippen molar-refractivity contribution in [3.05, 3.63) is 33.3 Å². The fraction of sp³-hybridized carbons (Fsp3) is 0.400. The van der Waals surface area contributed by atoms with Crippen LogP contribution < -0.4 is 5.32 Å². The predicted octanol–water partition coefficient (Wildman–Crippen LogP) is 1.67. The van der Waals surface area contributed by atoms with Crippen LogP contribution in [0, 0.1) is 10.1 Å². The van der Waals surface area contributed by atoms with E-state index in [1.165, 1.54) is 12.1 Å². The molecule has 0 aliphatic carbocycles. The molecule has 0 atom stereocenters. The number of halogens is 1. The smallest absolute Gasteiger partial charge is 0.293 e. The molecule has 0 bridgehead atoms. The molecule has 0 spiro atoms. The Hall–Kier alpha value is -1.37. The average molecular weight is 261 g/mol. The highest BCUT2D eigenvalue weighted by Gasteiger charge is 2.15. The monoisotopic (exact) mass is 260 g/mol. The summed E-state index contributed by atoms with van der Waals surface area (Å²) in [6.45, 7) is 0.909. The molecule has 0 aromatic heterocycles. The second-order valence-electron chi connectivity index (χ2n) is 3.15. The molecule has 6 nitrogen and oxygen atoms in total. The van der Waals surface area contributed by atoms with Crippen molar-refractivity contribution in [3.8, 4) is 0 Å². The van der Waals surface area contributed by atoms with Crippen molar-refractivity contribution in [1.82, 2.24) is 0 Å². The van der Waals surface area contributed by atoms with Gasteiger partial charge in [0.05, 0.1) is 29.8 Å². The van der Waals surface area contributed by atoms with Gasteiger partial charge in [0.25, 0.3) is 5.69 Å². The molecule has 1 aromatic rings. The summed E-state index contributed by atoms with van der Waals surface area (Å²) in [6, 6.07) is 4.47. The maximum atomic E-state index is 10.8. The van der Waals surface area contributed by atoms with Gasteiger partial charge in [0.15, 0.2) is 0 Å². The molecule has 7 heteroatoms. The van der Waals surface area contributed by atoms with Gasteiger partial charge in [-0.05, 0) is 6.07 Å². The van der Waals surface area contributed by atoms with Gasteiger partial charge in [-0.25, -0.2) is 0 Å². The van der Waals surface area contributed by atoms with Crippen LogP contribution in [0.1, 0.15) is 0 Å². The minimum absolute atomic E-state index is 0.0494. The predicted molar refractivity (Wildman–Crippen MR) is 64.5 cm³/mol. The van der Waals surface area contributed by atoms with Crippen LogP contribution in [-0.2, 0) is 4.74 Å². The van der Waals surface area contributed by atoms with Crippen LogP contribution in [0.15, 0.2) is 18.2 Å². The van der Waals surface area contributed by atoms with Crippen molar-refractivity contribution in [1.29, 1.82) is 0 Å². The standard InChI is InChI=1S/C10H13ClN2O4/c11-8-2-1-3-9(13(15)16)10(8)12-4-6-17-7-5-14/h1-3,12,14H,4-7H2. The van der Waals surface area contributed by atoms with Crippen LogP contribution >= 0.6 is 11.6 Å². The van der Waals surface area contributed by atoms with Gasteiger partial charge in [-0.3, -0.25) is 10.1 Å². The maximum absolute atomic E-state index is 10.8. The highest BCUT2D eigenvalue weighted by molar-refractivity contribution is 6.33. The van der Waals surface area contributed by atoms with Gasteiger partial charge in [-0.2, -0.15) is 0 Å². The number of nitrogens with zero attached hydrogens (tertiary/aromatic N) is 1. The number of rotatable bonds is 7. The topological polar surface area (TPSA) is 84.6 Å². The zero-order chi connectivity index (χ0) is 12.7. The first-order valence-electron chi connectivity index (χ1n) is 5.02. The highest BCUT2D eigenvalue weighted by Crippen LogP contribution is 2.31. The quantitative estimate of drug-likeness (QED) is 0.443. The number of anilines is 1. The first-order valence-corrected chi connectivity index (χ1v) is 5.40. The number of nitro groups is 1. The third kappa shape index (κ3) is 4.18. The van der Waals surface area contributed by atoms with Gasteiger partial charge >= 0.3 is 0 Å². The molecular weight excluding hydrogens is 248 g/mol. The summed E-state index contributed by atoms with van der Waals surface area (Å²) < 4.78 is 5.02. The lowest BCUT2D eigenvalue weighted by molar-refractivity contribution is -0.383. The third-order valence-electron chi connectivity index (χ3n) is 1.97. The largest absolute Gasteiger partial charge is 0.394 e. The summed E-state index contributed by atoms with van der Waals surface area (Å²) in [6.07, 6.45) is 0. The Labute approximate surface area is 103 Å². The Balaban J connectivity index is 2.60. The minimum atomic E-state index is -0.497. The van der Waals surface area contributed by atoms with Gasteiger partial charge in [0.1, 0.15) is 5.69 Å². The lowest BCUT2D eigenvalue weighted by Gasteiger charge is -2.08. The number of hydrogen-bond donors (Lipinski definition) is 2. The number of aliphatic hydroxyl groups is 1. The van der Waals surface area contributed by atoms with Crippen molar-refractivity contribution >= 4 is 23.0 Å². The normalized spacial score (nSPS) is 10.2. The van der Waals surface area contributed by atoms with Crippen LogP contribution in [0.2, 0.25) is 5.02 Å². The fourth-order valence-electron chi connectivity index (χ4n) is 1.25. The summed E-state index contributed by atoms with van der Waals surface area (Å²) in [4.78, 5) is 10.3. The molecule has 1 aromatic carbocycles. The molecule has 94 valence electrons. The molecular formula is C10H13ClN2O4. The fourth-order valence-corrected chi connectivity index (χ4v) is 1.49. The van der Waals surface area contributed by atoms with Crippen LogP contribution in [0.4, 0.5) is 11.4 Å². The SMILES string of the molecule is O=[N+]([O-])c1cccc(Cl)c1NCCOCCO. The lowest BCUT2D eigenvalue weighted by atomic mass is 10.2. The van der Waals surface area contributed by atoms with Crippen molar-refractivity contribution in [2.75, 3.05) is 31.7 Å². The van der Waals surface area contributed by atoms with E-state index in [9.17, 15) is 10.1 Å². The molecule has 0 heterocycles. The Bertz CT molecular complexity index is 387. The van der Waals surface area contributed by atoms with Gasteiger partial charge in [0, 0.05) is 12.6 Å². The molecule has 0 amide bonds. The summed E-state index contributed by atoms with van der Waals surface area (Å²) in [5, 5.41) is 22.4. The minimum Gasteiger partial charge on any atom is -0.394 e. The van der Waals surface area contributed by atoms with Gasteiger partial charge in [0.2, 0.25) is 0 Å². The van der Waals surface area contributed by atoms with Crippen LogP contribution in [0.5, 0.6) is 0 Å². The zero-order valence-corrected chi connectivity index (χ0v) is 9.81. The first-order chi connectivity index (χ1) is 8.16. The van der Waals surface area contributed by atoms with E-state index in [0.717, 1.165) is 0 Å². The number of aliphatic hydroxyl groups excluding tert-OH is 1. The zero-order valence-electron chi connectivity index (χ0n) is 9.06. The van der Waals surface area contributed by atoms with Gasteiger partial charge in [-0.15, -0.1) is 0 Å². The summed E-state index contributed by atoms with van der Waals surface area (Å²) in [5.74, 6) is 0. The second kappa shape index (κ2) is 7.05. The number of para-hydroxylation sites is 1. The van der Waals surface area contributed by atoms with Crippen molar-refractivity contribution < 1.29 is 14.8 Å². The molecule has 0 radical (unpaired) electrons. The molecule has 17 heavy (non-hydrogen) atoms. The van der Waals surface area contributed by atoms with E-state index in [1.54, 1.807) is 6.07 Å². The Morgan fingerprint density at radius 2 is 2.24 bits per heavy atom. The third-order valence-corrected chi connectivity index (χ3v) is 2.29. The van der Waals surface area contributed by atoms with Gasteiger partial charge in [-0.1, -0.05) is 17.7 Å². The van der Waals surface area contributed by atoms with E-state index in [1.807, 2.05) is 0 Å². The number of benzene rings is 1. The van der Waals surface area contributed by atoms with Crippen molar-refractivity contribution in [3.63, 3.8) is 0 Å². The summed E-state index contributed by atoms with van der Waals surface area (Å²) in [5.41, 5.74) is 0.214. The van der Waals surface area contributed by atoms with Crippen molar-refractivity contribution in [2.45, 2.75) is 0 Å². The lowest BCUT2D eigenvalue weighted by Crippen LogP contribution is -2.12. The number of ether oxygens (including phenoxy) is 1. The first kappa shape index (κ1) is 13.7. The van der Waals surface area contributed by atoms with E-state index in [2.05, 4.69) is 5.32 Å². The molecule has 1 rings (SSSR count). The van der Waals surface area contributed by atoms with E-state index < -0.39 is 4.92 Å². The summed E-state index contributed by atoms with van der Waals surface area (Å²) in [7, 11) is 0. The molecule has 0 saturated carbocycles. The maximum Gasteiger partial charge on any atom is 0.293 e. The van der Waals surface area contributed by atoms with Crippen LogP contribution in [-0.4, -0.2) is 36.4 Å². The second-order valence-corrected chi connectivity index (χ2v) is 3.56. The number of nitrogens with one attached hydrogen (secondary N) is 1. The molecule has 0 aliphatic rings. The molecule has 0 fully saturated rings. The molecule has 2 N–H and O–H groups in total.